The first-order chi connectivity index (χ1) is 7.61. The molecule has 0 saturated carbocycles. The molecule has 0 unspecified atom stereocenters. The van der Waals surface area contributed by atoms with Gasteiger partial charge in [0.15, 0.2) is 0 Å². The Morgan fingerprint density at radius 2 is 1.24 bits per heavy atom. The molecule has 0 N–H and O–H groups in total. The van der Waals surface area contributed by atoms with Crippen molar-refractivity contribution < 1.29 is 39.3 Å². The number of aromatic carboxylic acids is 2. The topological polar surface area (TPSA) is 80.3 Å². The Kier molecular flexibility index (Phi) is 7.62. The van der Waals surface area contributed by atoms with E-state index in [-0.39, 0.29) is 29.2 Å². The van der Waals surface area contributed by atoms with Crippen molar-refractivity contribution in [2.45, 2.75) is 0 Å². The van der Waals surface area contributed by atoms with E-state index in [1.54, 1.807) is 22.9 Å². The van der Waals surface area contributed by atoms with E-state index in [0.717, 1.165) is 0 Å². The molecule has 2 aromatic heterocycles. The summed E-state index contributed by atoms with van der Waals surface area (Å²) in [4.78, 5) is 20.5. The smallest absolute Gasteiger partial charge is 0.544 e. The Labute approximate surface area is 118 Å². The molecule has 4 nitrogen and oxygen atoms in total. The fraction of sp³-hybridized carbons (Fsp3) is 0. The Hall–Kier alpha value is -1.04. The zero-order valence-corrected chi connectivity index (χ0v) is 13.2. The maximum absolute atomic E-state index is 9.96. The molecule has 0 aliphatic heterocycles. The molecule has 0 saturated heterocycles. The van der Waals surface area contributed by atoms with Crippen LogP contribution in [0.3, 0.4) is 0 Å². The van der Waals surface area contributed by atoms with Gasteiger partial charge in [-0.2, -0.15) is 0 Å². The Bertz CT molecular complexity index is 406. The third kappa shape index (κ3) is 5.72. The number of thiophene rings is 2. The molecule has 2 aromatic rings. The average Bonchev–Trinajstić information content (AvgIpc) is 2.93. The van der Waals surface area contributed by atoms with Crippen LogP contribution in [0.5, 0.6) is 0 Å². The van der Waals surface area contributed by atoms with Crippen molar-refractivity contribution in [3.63, 3.8) is 0 Å². The third-order valence-corrected chi connectivity index (χ3v) is 3.14. The van der Waals surface area contributed by atoms with Gasteiger partial charge in [0.1, 0.15) is 0 Å². The van der Waals surface area contributed by atoms with Crippen molar-refractivity contribution in [1.29, 1.82) is 0 Å². The van der Waals surface area contributed by atoms with Gasteiger partial charge in [0.05, 0.1) is 11.9 Å². The monoisotopic (exact) mass is 318 g/mol. The number of carboxylic acid groups (broad SMARTS) is 2. The summed E-state index contributed by atoms with van der Waals surface area (Å²) in [7, 11) is 0. The summed E-state index contributed by atoms with van der Waals surface area (Å²) < 4.78 is 0. The van der Waals surface area contributed by atoms with Gasteiger partial charge in [-0.05, 0) is 22.9 Å². The van der Waals surface area contributed by atoms with Crippen LogP contribution in [0.1, 0.15) is 19.3 Å². The molecule has 2 heterocycles. The summed E-state index contributed by atoms with van der Waals surface area (Å²) >= 11 is 2.34. The van der Waals surface area contributed by atoms with E-state index < -0.39 is 11.9 Å². The SMILES string of the molecule is O=C([O-])c1cccs1.O=C([O-])c1cccs1.[Zn+2]. The van der Waals surface area contributed by atoms with Crippen molar-refractivity contribution in [3.8, 4) is 0 Å². The van der Waals surface area contributed by atoms with Crippen LogP contribution in [0.4, 0.5) is 0 Å². The summed E-state index contributed by atoms with van der Waals surface area (Å²) in [6, 6.07) is 6.38. The molecular formula is C10H6O4S2Zn. The number of hydrogen-bond acceptors (Lipinski definition) is 6. The molecule has 0 fully saturated rings. The van der Waals surface area contributed by atoms with Crippen LogP contribution in [0.25, 0.3) is 0 Å². The predicted octanol–water partition coefficient (Wildman–Crippen LogP) is 0.221. The first-order valence-electron chi connectivity index (χ1n) is 4.11. The van der Waals surface area contributed by atoms with E-state index in [1.165, 1.54) is 34.8 Å². The van der Waals surface area contributed by atoms with E-state index in [4.69, 9.17) is 0 Å². The van der Waals surface area contributed by atoms with Gasteiger partial charge in [-0.3, -0.25) is 0 Å². The minimum atomic E-state index is -1.10. The Morgan fingerprint density at radius 1 is 0.882 bits per heavy atom. The standard InChI is InChI=1S/2C5H4O2S.Zn/c2*6-5(7)4-2-1-3-8-4;/h2*1-3H,(H,6,7);/q;;+2/p-2. The third-order valence-electron chi connectivity index (χ3n) is 1.44. The summed E-state index contributed by atoms with van der Waals surface area (Å²) in [5.74, 6) is -2.19. The fourth-order valence-corrected chi connectivity index (χ4v) is 1.90. The summed E-state index contributed by atoms with van der Waals surface area (Å²) in [5, 5.41) is 23.3. The van der Waals surface area contributed by atoms with Gasteiger partial charge in [-0.1, -0.05) is 12.1 Å². The van der Waals surface area contributed by atoms with Gasteiger partial charge in [0.2, 0.25) is 0 Å². The molecule has 0 aromatic carbocycles. The van der Waals surface area contributed by atoms with E-state index in [2.05, 4.69) is 0 Å². The Balaban J connectivity index is 0.000000284. The van der Waals surface area contributed by atoms with Gasteiger partial charge in [-0.15, -0.1) is 22.7 Å². The zero-order chi connectivity index (χ0) is 12.0. The fourth-order valence-electron chi connectivity index (χ4n) is 0.789. The van der Waals surface area contributed by atoms with Gasteiger partial charge in [-0.25, -0.2) is 0 Å². The maximum Gasteiger partial charge on any atom is 2.00 e. The molecule has 0 amide bonds. The van der Waals surface area contributed by atoms with Crippen LogP contribution < -0.4 is 10.2 Å². The van der Waals surface area contributed by atoms with E-state index in [9.17, 15) is 19.8 Å². The first kappa shape index (κ1) is 16.0. The second kappa shape index (κ2) is 8.11. The number of carbonyl (C=O) groups is 2. The molecule has 17 heavy (non-hydrogen) atoms. The first-order valence-corrected chi connectivity index (χ1v) is 5.87. The van der Waals surface area contributed by atoms with Crippen LogP contribution in [-0.2, 0) is 19.5 Å². The van der Waals surface area contributed by atoms with Gasteiger partial charge in [0.25, 0.3) is 0 Å². The molecule has 2 rings (SSSR count). The summed E-state index contributed by atoms with van der Waals surface area (Å²) in [5.41, 5.74) is 0. The minimum Gasteiger partial charge on any atom is -0.544 e. The molecular weight excluding hydrogens is 314 g/mol. The zero-order valence-electron chi connectivity index (χ0n) is 8.62. The van der Waals surface area contributed by atoms with E-state index in [1.807, 2.05) is 0 Å². The molecule has 0 spiro atoms. The molecule has 84 valence electrons. The van der Waals surface area contributed by atoms with Crippen molar-refractivity contribution in [1.82, 2.24) is 0 Å². The summed E-state index contributed by atoms with van der Waals surface area (Å²) in [6.45, 7) is 0. The number of hydrogen-bond donors (Lipinski definition) is 0. The van der Waals surface area contributed by atoms with Crippen LogP contribution in [0.2, 0.25) is 0 Å². The van der Waals surface area contributed by atoms with Gasteiger partial charge < -0.3 is 19.8 Å². The van der Waals surface area contributed by atoms with Crippen molar-refractivity contribution >= 4 is 34.6 Å². The van der Waals surface area contributed by atoms with Crippen LogP contribution >= 0.6 is 22.7 Å². The van der Waals surface area contributed by atoms with Crippen LogP contribution in [-0.4, -0.2) is 11.9 Å². The number of rotatable bonds is 2. The Morgan fingerprint density at radius 3 is 1.35 bits per heavy atom. The number of carbonyl (C=O) groups excluding carboxylic acids is 2. The molecule has 0 atom stereocenters. The second-order valence-electron chi connectivity index (χ2n) is 2.53. The van der Waals surface area contributed by atoms with Crippen molar-refractivity contribution in [2.24, 2.45) is 0 Å². The van der Waals surface area contributed by atoms with E-state index >= 15 is 0 Å². The molecule has 0 radical (unpaired) electrons. The molecule has 7 heteroatoms. The van der Waals surface area contributed by atoms with E-state index in [0.29, 0.717) is 0 Å². The van der Waals surface area contributed by atoms with Crippen molar-refractivity contribution in [2.75, 3.05) is 0 Å². The largest absolute Gasteiger partial charge is 2.00 e. The maximum atomic E-state index is 9.96. The van der Waals surface area contributed by atoms with Crippen LogP contribution in [0, 0.1) is 0 Å². The van der Waals surface area contributed by atoms with Gasteiger partial charge in [0, 0.05) is 9.75 Å². The summed E-state index contributed by atoms with van der Waals surface area (Å²) in [6.07, 6.45) is 0. The van der Waals surface area contributed by atoms with Gasteiger partial charge >= 0.3 is 19.5 Å². The molecule has 0 aliphatic carbocycles. The quantitative estimate of drug-likeness (QED) is 0.742. The second-order valence-corrected chi connectivity index (χ2v) is 4.42. The average molecular weight is 320 g/mol. The molecule has 0 bridgehead atoms. The predicted molar refractivity (Wildman–Crippen MR) is 57.3 cm³/mol. The number of carboxylic acids is 2. The molecule has 0 aliphatic rings. The van der Waals surface area contributed by atoms with Crippen molar-refractivity contribution in [3.05, 3.63) is 44.8 Å². The minimum absolute atomic E-state index is 0. The van der Waals surface area contributed by atoms with Crippen LogP contribution in [0.15, 0.2) is 35.0 Å². The normalized spacial score (nSPS) is 8.47.